The molecular formula is C13H11NO3. The Morgan fingerprint density at radius 3 is 2.94 bits per heavy atom. The van der Waals surface area contributed by atoms with Gasteiger partial charge in [-0.15, -0.1) is 0 Å². The van der Waals surface area contributed by atoms with Crippen molar-refractivity contribution in [3.05, 3.63) is 36.7 Å². The molecule has 1 aliphatic heterocycles. The van der Waals surface area contributed by atoms with E-state index in [1.807, 2.05) is 24.3 Å². The fourth-order valence-electron chi connectivity index (χ4n) is 1.83. The number of fused-ring (bicyclic) bond motifs is 1. The first-order valence-corrected chi connectivity index (χ1v) is 5.26. The van der Waals surface area contributed by atoms with E-state index < -0.39 is 0 Å². The standard InChI is InChI=1S/C13H11NO3/c1-15-11-5-10(9-3-2-4-14-7-9)6-12-13(11)17-8-16-12/h2-7H,8H2,1H3. The van der Waals surface area contributed by atoms with E-state index in [4.69, 9.17) is 14.2 Å². The number of ether oxygens (including phenoxy) is 3. The zero-order valence-electron chi connectivity index (χ0n) is 9.34. The van der Waals surface area contributed by atoms with E-state index >= 15 is 0 Å². The Balaban J connectivity index is 2.13. The van der Waals surface area contributed by atoms with Gasteiger partial charge >= 0.3 is 0 Å². The summed E-state index contributed by atoms with van der Waals surface area (Å²) < 4.78 is 16.0. The number of rotatable bonds is 2. The van der Waals surface area contributed by atoms with Crippen molar-refractivity contribution < 1.29 is 14.2 Å². The molecule has 0 unspecified atom stereocenters. The Morgan fingerprint density at radius 1 is 1.24 bits per heavy atom. The summed E-state index contributed by atoms with van der Waals surface area (Å²) >= 11 is 0. The summed E-state index contributed by atoms with van der Waals surface area (Å²) in [6.45, 7) is 0.238. The van der Waals surface area contributed by atoms with Crippen LogP contribution in [0.1, 0.15) is 0 Å². The van der Waals surface area contributed by atoms with E-state index in [2.05, 4.69) is 4.98 Å². The summed E-state index contributed by atoms with van der Waals surface area (Å²) in [6, 6.07) is 7.74. The van der Waals surface area contributed by atoms with Crippen LogP contribution in [0, 0.1) is 0 Å². The molecule has 1 aliphatic rings. The molecule has 0 N–H and O–H groups in total. The number of methoxy groups -OCH3 is 1. The van der Waals surface area contributed by atoms with Gasteiger partial charge in [0.1, 0.15) is 0 Å². The van der Waals surface area contributed by atoms with Gasteiger partial charge in [0.15, 0.2) is 11.5 Å². The average Bonchev–Trinajstić information content (AvgIpc) is 2.86. The Kier molecular flexibility index (Phi) is 2.33. The van der Waals surface area contributed by atoms with Gasteiger partial charge < -0.3 is 14.2 Å². The van der Waals surface area contributed by atoms with Gasteiger partial charge in [0, 0.05) is 18.0 Å². The van der Waals surface area contributed by atoms with Gasteiger partial charge in [-0.05, 0) is 23.8 Å². The van der Waals surface area contributed by atoms with Crippen molar-refractivity contribution >= 4 is 0 Å². The van der Waals surface area contributed by atoms with Crippen LogP contribution in [-0.4, -0.2) is 18.9 Å². The smallest absolute Gasteiger partial charge is 0.231 e. The highest BCUT2D eigenvalue weighted by Crippen LogP contribution is 2.43. The zero-order chi connectivity index (χ0) is 11.7. The maximum atomic E-state index is 5.38. The molecule has 4 heteroatoms. The second-order valence-electron chi connectivity index (χ2n) is 3.65. The molecule has 17 heavy (non-hydrogen) atoms. The Labute approximate surface area is 98.8 Å². The monoisotopic (exact) mass is 229 g/mol. The summed E-state index contributed by atoms with van der Waals surface area (Å²) in [5, 5.41) is 0. The van der Waals surface area contributed by atoms with Crippen molar-refractivity contribution in [2.75, 3.05) is 13.9 Å². The maximum absolute atomic E-state index is 5.38. The van der Waals surface area contributed by atoms with Crippen LogP contribution in [0.4, 0.5) is 0 Å². The summed E-state index contributed by atoms with van der Waals surface area (Å²) in [5.74, 6) is 2.06. The summed E-state index contributed by atoms with van der Waals surface area (Å²) in [4.78, 5) is 4.10. The lowest BCUT2D eigenvalue weighted by Crippen LogP contribution is -1.93. The SMILES string of the molecule is COc1cc(-c2cccnc2)cc2c1OCO2. The quantitative estimate of drug-likeness (QED) is 0.793. The molecule has 0 saturated carbocycles. The van der Waals surface area contributed by atoms with Gasteiger partial charge in [-0.2, -0.15) is 0 Å². The second-order valence-corrected chi connectivity index (χ2v) is 3.65. The molecule has 0 bridgehead atoms. The van der Waals surface area contributed by atoms with Crippen molar-refractivity contribution in [3.63, 3.8) is 0 Å². The van der Waals surface area contributed by atoms with Crippen LogP contribution < -0.4 is 14.2 Å². The predicted molar refractivity (Wildman–Crippen MR) is 62.3 cm³/mol. The first-order valence-electron chi connectivity index (χ1n) is 5.26. The molecule has 0 radical (unpaired) electrons. The van der Waals surface area contributed by atoms with E-state index in [-0.39, 0.29) is 6.79 Å². The van der Waals surface area contributed by atoms with Crippen molar-refractivity contribution in [2.24, 2.45) is 0 Å². The van der Waals surface area contributed by atoms with Gasteiger partial charge in [-0.1, -0.05) is 6.07 Å². The number of hydrogen-bond donors (Lipinski definition) is 0. The van der Waals surface area contributed by atoms with Gasteiger partial charge in [-0.25, -0.2) is 0 Å². The normalized spacial score (nSPS) is 12.5. The maximum Gasteiger partial charge on any atom is 0.231 e. The third-order valence-corrected chi connectivity index (χ3v) is 2.65. The summed E-state index contributed by atoms with van der Waals surface area (Å²) in [5.41, 5.74) is 2.02. The highest BCUT2D eigenvalue weighted by atomic mass is 16.7. The fraction of sp³-hybridized carbons (Fsp3) is 0.154. The van der Waals surface area contributed by atoms with Crippen LogP contribution in [0.2, 0.25) is 0 Å². The lowest BCUT2D eigenvalue weighted by molar-refractivity contribution is 0.171. The average molecular weight is 229 g/mol. The molecule has 0 amide bonds. The number of aromatic nitrogens is 1. The molecule has 3 rings (SSSR count). The highest BCUT2D eigenvalue weighted by molar-refractivity contribution is 5.70. The number of pyridine rings is 1. The molecule has 0 spiro atoms. The zero-order valence-corrected chi connectivity index (χ0v) is 9.34. The first-order chi connectivity index (χ1) is 8.38. The van der Waals surface area contributed by atoms with E-state index in [1.165, 1.54) is 0 Å². The molecular weight excluding hydrogens is 218 g/mol. The van der Waals surface area contributed by atoms with Crippen LogP contribution in [0.3, 0.4) is 0 Å². The number of benzene rings is 1. The van der Waals surface area contributed by atoms with Crippen molar-refractivity contribution in [1.82, 2.24) is 4.98 Å². The van der Waals surface area contributed by atoms with Crippen molar-refractivity contribution in [2.45, 2.75) is 0 Å². The van der Waals surface area contributed by atoms with Crippen LogP contribution >= 0.6 is 0 Å². The minimum Gasteiger partial charge on any atom is -0.493 e. The summed E-state index contributed by atoms with van der Waals surface area (Å²) in [7, 11) is 1.62. The lowest BCUT2D eigenvalue weighted by Gasteiger charge is -2.07. The molecule has 2 aromatic rings. The molecule has 1 aromatic carbocycles. The van der Waals surface area contributed by atoms with E-state index in [1.54, 1.807) is 19.5 Å². The summed E-state index contributed by atoms with van der Waals surface area (Å²) in [6.07, 6.45) is 3.55. The number of hydrogen-bond acceptors (Lipinski definition) is 4. The van der Waals surface area contributed by atoms with E-state index in [9.17, 15) is 0 Å². The molecule has 86 valence electrons. The van der Waals surface area contributed by atoms with Crippen LogP contribution in [0.15, 0.2) is 36.7 Å². The van der Waals surface area contributed by atoms with Gasteiger partial charge in [0.2, 0.25) is 12.5 Å². The third kappa shape index (κ3) is 1.67. The van der Waals surface area contributed by atoms with Crippen molar-refractivity contribution in [1.29, 1.82) is 0 Å². The van der Waals surface area contributed by atoms with E-state index in [0.717, 1.165) is 11.1 Å². The minimum atomic E-state index is 0.238. The largest absolute Gasteiger partial charge is 0.493 e. The van der Waals surface area contributed by atoms with Gasteiger partial charge in [-0.3, -0.25) is 4.98 Å². The molecule has 4 nitrogen and oxygen atoms in total. The molecule has 1 aromatic heterocycles. The second kappa shape index (κ2) is 3.97. The predicted octanol–water partition coefficient (Wildman–Crippen LogP) is 2.49. The first kappa shape index (κ1) is 9.96. The lowest BCUT2D eigenvalue weighted by atomic mass is 10.1. The molecule has 2 heterocycles. The topological polar surface area (TPSA) is 40.6 Å². The molecule has 0 saturated heterocycles. The van der Waals surface area contributed by atoms with Gasteiger partial charge in [0.25, 0.3) is 0 Å². The van der Waals surface area contributed by atoms with E-state index in [0.29, 0.717) is 17.2 Å². The Morgan fingerprint density at radius 2 is 2.18 bits per heavy atom. The Bertz CT molecular complexity index is 540. The van der Waals surface area contributed by atoms with Crippen LogP contribution in [-0.2, 0) is 0 Å². The highest BCUT2D eigenvalue weighted by Gasteiger charge is 2.20. The molecule has 0 fully saturated rings. The minimum absolute atomic E-state index is 0.238. The van der Waals surface area contributed by atoms with Crippen molar-refractivity contribution in [3.8, 4) is 28.4 Å². The van der Waals surface area contributed by atoms with Crippen LogP contribution in [0.5, 0.6) is 17.2 Å². The van der Waals surface area contributed by atoms with Gasteiger partial charge in [0.05, 0.1) is 7.11 Å². The Hall–Kier alpha value is -2.23. The third-order valence-electron chi connectivity index (χ3n) is 2.65. The number of nitrogens with zero attached hydrogens (tertiary/aromatic N) is 1. The molecule has 0 aliphatic carbocycles. The van der Waals surface area contributed by atoms with Crippen LogP contribution in [0.25, 0.3) is 11.1 Å². The molecule has 0 atom stereocenters. The fourth-order valence-corrected chi connectivity index (χ4v) is 1.83.